The van der Waals surface area contributed by atoms with Gasteiger partial charge in [-0.05, 0) is 17.5 Å². The molecule has 1 spiro atoms. The van der Waals surface area contributed by atoms with Gasteiger partial charge in [-0.2, -0.15) is 0 Å². The van der Waals surface area contributed by atoms with Crippen LogP contribution < -0.4 is 0 Å². The number of hydrogen-bond acceptors (Lipinski definition) is 5. The number of rotatable bonds is 14. The second-order valence-corrected chi connectivity index (χ2v) is 12.7. The van der Waals surface area contributed by atoms with Gasteiger partial charge in [0.05, 0.1) is 25.2 Å². The Morgan fingerprint density at radius 3 is 1.95 bits per heavy atom. The summed E-state index contributed by atoms with van der Waals surface area (Å²) in [5.41, 5.74) is -0.199. The number of unbranched alkanes of at least 4 members (excludes halogenated alkanes) is 4. The lowest BCUT2D eigenvalue weighted by molar-refractivity contribution is -0.956. The highest BCUT2D eigenvalue weighted by Crippen LogP contribution is 2.47. The van der Waals surface area contributed by atoms with Crippen molar-refractivity contribution in [1.82, 2.24) is 0 Å². The van der Waals surface area contributed by atoms with Crippen LogP contribution in [0.25, 0.3) is 0 Å². The van der Waals surface area contributed by atoms with Gasteiger partial charge >= 0.3 is 11.9 Å². The third-order valence-corrected chi connectivity index (χ3v) is 10.1. The fourth-order valence-corrected chi connectivity index (χ4v) is 7.94. The molecule has 0 amide bonds. The average Bonchev–Trinajstić information content (AvgIpc) is 3.56. The van der Waals surface area contributed by atoms with E-state index < -0.39 is 17.9 Å². The summed E-state index contributed by atoms with van der Waals surface area (Å²) in [6.07, 6.45) is 11.9. The number of benzene rings is 2. The molecule has 5 rings (SSSR count). The molecule has 2 aromatic rings. The summed E-state index contributed by atoms with van der Waals surface area (Å²) in [6, 6.07) is 20.3. The minimum absolute atomic E-state index is 0.138. The Bertz CT molecular complexity index is 1090. The molecule has 42 heavy (non-hydrogen) atoms. The molecule has 2 bridgehead atoms. The Morgan fingerprint density at radius 1 is 0.833 bits per heavy atom. The van der Waals surface area contributed by atoms with E-state index >= 15 is 0 Å². The Kier molecular flexibility index (Phi) is 10.4. The summed E-state index contributed by atoms with van der Waals surface area (Å²) in [7, 11) is 0. The summed E-state index contributed by atoms with van der Waals surface area (Å²) >= 11 is 0. The third-order valence-electron chi connectivity index (χ3n) is 10.1. The van der Waals surface area contributed by atoms with Gasteiger partial charge in [-0.25, -0.2) is 4.79 Å². The van der Waals surface area contributed by atoms with Crippen LogP contribution in [0.1, 0.15) is 108 Å². The minimum Gasteiger partial charge on any atom is -0.459 e. The van der Waals surface area contributed by atoms with Gasteiger partial charge in [0.1, 0.15) is 6.10 Å². The minimum atomic E-state index is -1.55. The number of ether oxygens (including phenoxy) is 3. The molecule has 0 aromatic heterocycles. The number of nitrogens with zero attached hydrogens (tertiary/aromatic N) is 1. The van der Waals surface area contributed by atoms with Crippen LogP contribution in [0.4, 0.5) is 0 Å². The van der Waals surface area contributed by atoms with Crippen LogP contribution in [0, 0.1) is 0 Å². The molecule has 0 N–H and O–H groups in total. The van der Waals surface area contributed by atoms with Crippen LogP contribution in [0.15, 0.2) is 60.7 Å². The molecule has 3 unspecified atom stereocenters. The maximum Gasteiger partial charge on any atom is 0.348 e. The molecule has 0 radical (unpaired) electrons. The second kappa shape index (κ2) is 14.2. The van der Waals surface area contributed by atoms with Crippen molar-refractivity contribution in [2.45, 2.75) is 127 Å². The van der Waals surface area contributed by atoms with E-state index in [1.807, 2.05) is 67.6 Å². The molecular formula is C36H50NO5+. The summed E-state index contributed by atoms with van der Waals surface area (Å²) in [6.45, 7) is 6.65. The molecule has 6 heteroatoms. The first-order valence-corrected chi connectivity index (χ1v) is 16.6. The van der Waals surface area contributed by atoms with Gasteiger partial charge in [0, 0.05) is 51.4 Å². The number of hydrogen-bond donors (Lipinski definition) is 0. The van der Waals surface area contributed by atoms with Gasteiger partial charge in [-0.15, -0.1) is 0 Å². The summed E-state index contributed by atoms with van der Waals surface area (Å²) < 4.78 is 20.3. The van der Waals surface area contributed by atoms with Crippen LogP contribution in [0.3, 0.4) is 0 Å². The van der Waals surface area contributed by atoms with Crippen LogP contribution in [0.2, 0.25) is 0 Å². The lowest BCUT2D eigenvalue weighted by Gasteiger charge is -2.47. The smallest absolute Gasteiger partial charge is 0.348 e. The number of carbonyl (C=O) groups excluding carboxylic acids is 2. The molecule has 3 aliphatic heterocycles. The van der Waals surface area contributed by atoms with E-state index in [9.17, 15) is 9.59 Å². The number of esters is 2. The molecular weight excluding hydrogens is 526 g/mol. The Labute approximate surface area is 252 Å². The first-order valence-electron chi connectivity index (χ1n) is 16.6. The van der Waals surface area contributed by atoms with Crippen molar-refractivity contribution in [3.63, 3.8) is 0 Å². The van der Waals surface area contributed by atoms with Gasteiger partial charge < -0.3 is 18.7 Å². The van der Waals surface area contributed by atoms with E-state index in [0.29, 0.717) is 36.1 Å². The SMILES string of the molecule is CCCCCCCC(=O)OC(CC)OC(C(=O)OC1CC2CCC(C1)[N+]21CCCC1)(c1ccccc1)c1ccccc1. The van der Waals surface area contributed by atoms with Crippen molar-refractivity contribution >= 4 is 11.9 Å². The monoisotopic (exact) mass is 576 g/mol. The third kappa shape index (κ3) is 6.45. The number of quaternary nitrogens is 1. The lowest BCUT2D eigenvalue weighted by Crippen LogP contribution is -2.60. The quantitative estimate of drug-likeness (QED) is 0.101. The van der Waals surface area contributed by atoms with Crippen LogP contribution in [-0.4, -0.2) is 54.0 Å². The molecule has 3 fully saturated rings. The van der Waals surface area contributed by atoms with E-state index in [1.54, 1.807) is 0 Å². The predicted octanol–water partition coefficient (Wildman–Crippen LogP) is 7.43. The molecule has 228 valence electrons. The van der Waals surface area contributed by atoms with Crippen molar-refractivity contribution in [2.75, 3.05) is 13.1 Å². The molecule has 3 aliphatic rings. The van der Waals surface area contributed by atoms with E-state index in [0.717, 1.165) is 38.5 Å². The van der Waals surface area contributed by atoms with E-state index in [4.69, 9.17) is 14.2 Å². The van der Waals surface area contributed by atoms with Crippen molar-refractivity contribution in [3.8, 4) is 0 Å². The number of piperidine rings is 1. The predicted molar refractivity (Wildman–Crippen MR) is 163 cm³/mol. The second-order valence-electron chi connectivity index (χ2n) is 12.7. The highest BCUT2D eigenvalue weighted by molar-refractivity contribution is 5.86. The van der Waals surface area contributed by atoms with Gasteiger partial charge in [0.2, 0.25) is 11.9 Å². The summed E-state index contributed by atoms with van der Waals surface area (Å²) in [4.78, 5) is 27.5. The molecule has 3 saturated heterocycles. The normalized spacial score (nSPS) is 23.5. The van der Waals surface area contributed by atoms with Crippen LogP contribution >= 0.6 is 0 Å². The zero-order valence-corrected chi connectivity index (χ0v) is 25.7. The fraction of sp³-hybridized carbons (Fsp3) is 0.611. The van der Waals surface area contributed by atoms with E-state index in [1.165, 1.54) is 49.7 Å². The van der Waals surface area contributed by atoms with Crippen molar-refractivity contribution < 1.29 is 28.3 Å². The van der Waals surface area contributed by atoms with E-state index in [2.05, 4.69) is 6.92 Å². The standard InChI is InChI=1S/C36H50NO5/c1-3-5-6-7-14-21-33(38)41-34(4-2)42-36(28-17-10-8-11-18-28,29-19-12-9-13-20-29)35(39)40-32-26-30-22-23-31(27-32)37(30)24-15-16-25-37/h8-13,17-20,30-32,34H,3-7,14-16,21-27H2,1-2H3/q+1. The van der Waals surface area contributed by atoms with Crippen LogP contribution in [-0.2, 0) is 29.4 Å². The summed E-state index contributed by atoms with van der Waals surface area (Å²) in [5, 5.41) is 0. The molecule has 3 atom stereocenters. The van der Waals surface area contributed by atoms with Gasteiger partial charge in [-0.1, -0.05) is 100 Å². The highest BCUT2D eigenvalue weighted by Gasteiger charge is 2.57. The van der Waals surface area contributed by atoms with Gasteiger partial charge in [0.15, 0.2) is 0 Å². The van der Waals surface area contributed by atoms with Crippen LogP contribution in [0.5, 0.6) is 0 Å². The molecule has 6 nitrogen and oxygen atoms in total. The first kappa shape index (κ1) is 30.7. The molecule has 2 aromatic carbocycles. The first-order chi connectivity index (χ1) is 20.5. The molecule has 0 aliphatic carbocycles. The number of carbonyl (C=O) groups is 2. The van der Waals surface area contributed by atoms with E-state index in [-0.39, 0.29) is 12.1 Å². The highest BCUT2D eigenvalue weighted by atomic mass is 16.7. The maximum atomic E-state index is 14.6. The maximum absolute atomic E-state index is 14.6. The lowest BCUT2D eigenvalue weighted by atomic mass is 9.85. The van der Waals surface area contributed by atoms with Crippen molar-refractivity contribution in [1.29, 1.82) is 0 Å². The zero-order chi connectivity index (χ0) is 29.4. The fourth-order valence-electron chi connectivity index (χ4n) is 7.94. The van der Waals surface area contributed by atoms with Gasteiger partial charge in [-0.3, -0.25) is 4.79 Å². The summed E-state index contributed by atoms with van der Waals surface area (Å²) in [5.74, 6) is -0.710. The topological polar surface area (TPSA) is 61.8 Å². The van der Waals surface area contributed by atoms with Crippen molar-refractivity contribution in [3.05, 3.63) is 71.8 Å². The van der Waals surface area contributed by atoms with Crippen molar-refractivity contribution in [2.24, 2.45) is 0 Å². The molecule has 0 saturated carbocycles. The molecule has 3 heterocycles. The van der Waals surface area contributed by atoms with Gasteiger partial charge in [0.25, 0.3) is 0 Å². The Hall–Kier alpha value is -2.70. The Morgan fingerprint density at radius 2 is 1.40 bits per heavy atom. The zero-order valence-electron chi connectivity index (χ0n) is 25.7. The average molecular weight is 577 g/mol. The Balaban J connectivity index is 1.39. The largest absolute Gasteiger partial charge is 0.459 e.